The van der Waals surface area contributed by atoms with Crippen LogP contribution in [0.4, 0.5) is 20.2 Å². The molecule has 7 heteroatoms. The number of nitrogens with one attached hydrogen (secondary N) is 1. The maximum atomic E-state index is 14.1. The topological polar surface area (TPSA) is 64.0 Å². The van der Waals surface area contributed by atoms with E-state index in [1.54, 1.807) is 31.2 Å². The molecule has 0 aliphatic heterocycles. The second-order valence-corrected chi connectivity index (χ2v) is 5.89. The van der Waals surface area contributed by atoms with E-state index in [0.717, 1.165) is 6.07 Å². The van der Waals surface area contributed by atoms with Gasteiger partial charge < -0.3 is 5.32 Å². The van der Waals surface area contributed by atoms with Gasteiger partial charge in [-0.15, -0.1) is 0 Å². The largest absolute Gasteiger partial charge is 0.348 e. The smallest absolute Gasteiger partial charge is 0.291 e. The summed E-state index contributed by atoms with van der Waals surface area (Å²) >= 11 is 0. The number of rotatable bonds is 5. The molecule has 0 bridgehead atoms. The maximum Gasteiger partial charge on any atom is 0.291 e. The molecule has 0 radical (unpaired) electrons. The van der Waals surface area contributed by atoms with Crippen LogP contribution in [0.15, 0.2) is 53.3 Å². The van der Waals surface area contributed by atoms with Crippen molar-refractivity contribution < 1.29 is 13.6 Å². The number of carbonyl (C=O) groups is 1. The average molecular weight is 369 g/mol. The summed E-state index contributed by atoms with van der Waals surface area (Å²) in [6, 6.07) is 11.9. The number of aromatic nitrogens is 2. The summed E-state index contributed by atoms with van der Waals surface area (Å²) in [5.41, 5.74) is 0.250. The molecule has 1 heterocycles. The van der Waals surface area contributed by atoms with Crippen LogP contribution in [-0.2, 0) is 6.54 Å². The molecule has 0 aliphatic carbocycles. The number of Topliss-reactive ketones (excluding diaryl/α,β-unsaturated/α-hetero) is 1. The Morgan fingerprint density at radius 3 is 2.44 bits per heavy atom. The predicted octanol–water partition coefficient (Wildman–Crippen LogP) is 4.15. The van der Waals surface area contributed by atoms with E-state index in [4.69, 9.17) is 0 Å². The molecule has 3 rings (SSSR count). The van der Waals surface area contributed by atoms with Crippen LogP contribution in [-0.4, -0.2) is 15.6 Å². The number of hydrogen-bond acceptors (Lipinski definition) is 4. The fourth-order valence-corrected chi connectivity index (χ4v) is 2.77. The molecule has 138 valence electrons. The quantitative estimate of drug-likeness (QED) is 0.686. The molecule has 0 saturated carbocycles. The third kappa shape index (κ3) is 3.62. The van der Waals surface area contributed by atoms with Crippen LogP contribution in [0.25, 0.3) is 11.3 Å². The Morgan fingerprint density at radius 1 is 1.15 bits per heavy atom. The Bertz CT molecular complexity index is 1060. The molecule has 5 nitrogen and oxygen atoms in total. The second-order valence-electron chi connectivity index (χ2n) is 5.89. The van der Waals surface area contributed by atoms with Crippen LogP contribution in [0, 0.1) is 11.6 Å². The molecular weight excluding hydrogens is 352 g/mol. The normalized spacial score (nSPS) is 10.7. The fraction of sp³-hybridized carbons (Fsp3) is 0.150. The number of nitrogens with zero attached hydrogens (tertiary/aromatic N) is 2. The highest BCUT2D eigenvalue weighted by molar-refractivity contribution is 6.05. The minimum atomic E-state index is -0.870. The van der Waals surface area contributed by atoms with E-state index in [9.17, 15) is 18.4 Å². The van der Waals surface area contributed by atoms with E-state index in [1.165, 1.54) is 17.7 Å². The highest BCUT2D eigenvalue weighted by Crippen LogP contribution is 2.28. The number of aryl methyl sites for hydroxylation is 1. The summed E-state index contributed by atoms with van der Waals surface area (Å²) in [6.07, 6.45) is 0. The van der Waals surface area contributed by atoms with Crippen molar-refractivity contribution >= 4 is 17.2 Å². The number of hydrogen-bond donors (Lipinski definition) is 1. The molecule has 2 aromatic carbocycles. The van der Waals surface area contributed by atoms with Crippen molar-refractivity contribution in [3.8, 4) is 11.3 Å². The summed E-state index contributed by atoms with van der Waals surface area (Å²) in [6.45, 7) is 3.31. The van der Waals surface area contributed by atoms with Gasteiger partial charge in [-0.05, 0) is 26.0 Å². The monoisotopic (exact) mass is 369 g/mol. The van der Waals surface area contributed by atoms with Crippen LogP contribution in [0.3, 0.4) is 0 Å². The van der Waals surface area contributed by atoms with Gasteiger partial charge in [-0.3, -0.25) is 9.59 Å². The van der Waals surface area contributed by atoms with Crippen molar-refractivity contribution in [1.82, 2.24) is 9.78 Å². The van der Waals surface area contributed by atoms with Crippen molar-refractivity contribution in [3.05, 3.63) is 76.1 Å². The Labute approximate surface area is 154 Å². The summed E-state index contributed by atoms with van der Waals surface area (Å²) in [5, 5.41) is 6.98. The van der Waals surface area contributed by atoms with E-state index in [-0.39, 0.29) is 23.5 Å². The maximum absolute atomic E-state index is 14.1. The third-order valence-corrected chi connectivity index (χ3v) is 4.05. The van der Waals surface area contributed by atoms with E-state index in [1.807, 2.05) is 6.07 Å². The standard InChI is InChI=1S/C20H17F2N3O2/c1-3-25-20(27)19(23-16-10-9-14(21)11-15(16)22)17(12(2)26)18(24-25)13-7-5-4-6-8-13/h4-11,23H,3H2,1-2H3. The van der Waals surface area contributed by atoms with Gasteiger partial charge in [0, 0.05) is 18.2 Å². The van der Waals surface area contributed by atoms with Crippen LogP contribution in [0.1, 0.15) is 24.2 Å². The van der Waals surface area contributed by atoms with E-state index < -0.39 is 23.0 Å². The van der Waals surface area contributed by atoms with Gasteiger partial charge in [-0.2, -0.15) is 5.10 Å². The summed E-state index contributed by atoms with van der Waals surface area (Å²) in [5.74, 6) is -2.01. The van der Waals surface area contributed by atoms with Gasteiger partial charge in [0.05, 0.1) is 11.3 Å². The average Bonchev–Trinajstić information content (AvgIpc) is 2.65. The SMILES string of the molecule is CCn1nc(-c2ccccc2)c(C(C)=O)c(Nc2ccc(F)cc2F)c1=O. The second kappa shape index (κ2) is 7.49. The molecule has 1 N–H and O–H groups in total. The molecule has 0 atom stereocenters. The predicted molar refractivity (Wildman–Crippen MR) is 99.3 cm³/mol. The third-order valence-electron chi connectivity index (χ3n) is 4.05. The first-order valence-electron chi connectivity index (χ1n) is 8.36. The molecule has 0 saturated heterocycles. The number of benzene rings is 2. The van der Waals surface area contributed by atoms with E-state index in [2.05, 4.69) is 10.4 Å². The Balaban J connectivity index is 2.28. The highest BCUT2D eigenvalue weighted by atomic mass is 19.1. The van der Waals surface area contributed by atoms with Crippen LogP contribution in [0.2, 0.25) is 0 Å². The zero-order valence-electron chi connectivity index (χ0n) is 14.8. The van der Waals surface area contributed by atoms with Crippen LogP contribution < -0.4 is 10.9 Å². The molecular formula is C20H17F2N3O2. The molecule has 0 amide bonds. The first-order chi connectivity index (χ1) is 12.9. The Morgan fingerprint density at radius 2 is 1.85 bits per heavy atom. The molecule has 0 fully saturated rings. The summed E-state index contributed by atoms with van der Waals surface area (Å²) in [4.78, 5) is 25.1. The van der Waals surface area contributed by atoms with Crippen molar-refractivity contribution in [3.63, 3.8) is 0 Å². The van der Waals surface area contributed by atoms with Gasteiger partial charge in [0.25, 0.3) is 5.56 Å². The van der Waals surface area contributed by atoms with Gasteiger partial charge in [0.1, 0.15) is 23.0 Å². The minimum Gasteiger partial charge on any atom is -0.348 e. The van der Waals surface area contributed by atoms with Crippen molar-refractivity contribution in [1.29, 1.82) is 0 Å². The molecule has 1 aromatic heterocycles. The first-order valence-corrected chi connectivity index (χ1v) is 8.36. The first kappa shape index (κ1) is 18.4. The lowest BCUT2D eigenvalue weighted by Crippen LogP contribution is -2.28. The lowest BCUT2D eigenvalue weighted by Gasteiger charge is -2.16. The van der Waals surface area contributed by atoms with Gasteiger partial charge >= 0.3 is 0 Å². The van der Waals surface area contributed by atoms with E-state index in [0.29, 0.717) is 17.3 Å². The fourth-order valence-electron chi connectivity index (χ4n) is 2.77. The number of carbonyl (C=O) groups excluding carboxylic acids is 1. The van der Waals surface area contributed by atoms with Crippen LogP contribution >= 0.6 is 0 Å². The zero-order chi connectivity index (χ0) is 19.6. The van der Waals surface area contributed by atoms with Gasteiger partial charge in [-0.1, -0.05) is 30.3 Å². The molecule has 0 spiro atoms. The molecule has 27 heavy (non-hydrogen) atoms. The molecule has 0 aliphatic rings. The van der Waals surface area contributed by atoms with Crippen LogP contribution in [0.5, 0.6) is 0 Å². The van der Waals surface area contributed by atoms with Gasteiger partial charge in [0.2, 0.25) is 0 Å². The lowest BCUT2D eigenvalue weighted by atomic mass is 10.0. The van der Waals surface area contributed by atoms with Crippen molar-refractivity contribution in [2.75, 3.05) is 5.32 Å². The Hall–Kier alpha value is -3.35. The number of ketones is 1. The van der Waals surface area contributed by atoms with Crippen molar-refractivity contribution in [2.24, 2.45) is 0 Å². The lowest BCUT2D eigenvalue weighted by molar-refractivity contribution is 0.101. The van der Waals surface area contributed by atoms with Crippen molar-refractivity contribution in [2.45, 2.75) is 20.4 Å². The molecule has 0 unspecified atom stereocenters. The molecule has 3 aromatic rings. The number of anilines is 2. The number of halogens is 2. The summed E-state index contributed by atoms with van der Waals surface area (Å²) < 4.78 is 28.5. The highest BCUT2D eigenvalue weighted by Gasteiger charge is 2.22. The zero-order valence-corrected chi connectivity index (χ0v) is 14.8. The van der Waals surface area contributed by atoms with Gasteiger partial charge in [-0.25, -0.2) is 13.5 Å². The summed E-state index contributed by atoms with van der Waals surface area (Å²) in [7, 11) is 0. The minimum absolute atomic E-state index is 0.0552. The Kier molecular flexibility index (Phi) is 5.12. The van der Waals surface area contributed by atoms with E-state index >= 15 is 0 Å². The van der Waals surface area contributed by atoms with Gasteiger partial charge in [0.15, 0.2) is 5.78 Å².